The molecule has 0 aromatic heterocycles. The predicted octanol–water partition coefficient (Wildman–Crippen LogP) is 4.81. The van der Waals surface area contributed by atoms with Crippen molar-refractivity contribution in [1.82, 2.24) is 0 Å². The van der Waals surface area contributed by atoms with Crippen LogP contribution in [-0.4, -0.2) is 17.2 Å². The molecule has 2 aromatic carbocycles. The molecule has 3 N–H and O–H groups in total. The van der Waals surface area contributed by atoms with Crippen LogP contribution in [0.3, 0.4) is 0 Å². The summed E-state index contributed by atoms with van der Waals surface area (Å²) < 4.78 is 58.7. The van der Waals surface area contributed by atoms with Crippen LogP contribution in [0.15, 0.2) is 71.7 Å². The Labute approximate surface area is 163 Å². The van der Waals surface area contributed by atoms with Crippen molar-refractivity contribution in [3.05, 3.63) is 77.3 Å². The van der Waals surface area contributed by atoms with E-state index in [2.05, 4.69) is 0 Å². The molecule has 152 valence electrons. The Balaban J connectivity index is 1.93. The third-order valence-electron chi connectivity index (χ3n) is 4.25. The van der Waals surface area contributed by atoms with E-state index in [1.54, 1.807) is 0 Å². The minimum absolute atomic E-state index is 0.0572. The minimum atomic E-state index is -4.52. The van der Waals surface area contributed by atoms with Gasteiger partial charge in [-0.3, -0.25) is 4.90 Å². The molecule has 9 heteroatoms. The molecule has 2 aromatic rings. The first-order valence-corrected chi connectivity index (χ1v) is 8.39. The number of anilines is 1. The lowest BCUT2D eigenvalue weighted by Crippen LogP contribution is -2.46. The van der Waals surface area contributed by atoms with Gasteiger partial charge in [0.1, 0.15) is 17.7 Å². The average Bonchev–Trinajstić information content (AvgIpc) is 2.64. The van der Waals surface area contributed by atoms with Crippen molar-refractivity contribution in [3.8, 4) is 11.5 Å². The van der Waals surface area contributed by atoms with Crippen molar-refractivity contribution in [1.29, 1.82) is 0 Å². The summed E-state index contributed by atoms with van der Waals surface area (Å²) in [4.78, 5) is 12.4. The molecule has 3 rings (SSSR count). The molecule has 0 radical (unpaired) electrons. The largest absolute Gasteiger partial charge is 0.478 e. The van der Waals surface area contributed by atoms with Crippen molar-refractivity contribution in [3.63, 3.8) is 0 Å². The zero-order valence-electron chi connectivity index (χ0n) is 15.1. The molecule has 29 heavy (non-hydrogen) atoms. The zero-order chi connectivity index (χ0) is 21.3. The van der Waals surface area contributed by atoms with Gasteiger partial charge in [-0.15, -0.1) is 0 Å². The molecule has 0 amide bonds. The molecule has 0 aliphatic carbocycles. The fourth-order valence-corrected chi connectivity index (χ4v) is 2.86. The number of nitrogens with two attached hydrogens (primary N) is 1. The van der Waals surface area contributed by atoms with E-state index in [1.807, 2.05) is 0 Å². The fourth-order valence-electron chi connectivity index (χ4n) is 2.86. The highest BCUT2D eigenvalue weighted by Gasteiger charge is 2.32. The number of halogens is 4. The number of hydrogen-bond acceptors (Lipinski definition) is 4. The molecule has 0 fully saturated rings. The lowest BCUT2D eigenvalue weighted by Gasteiger charge is -2.33. The summed E-state index contributed by atoms with van der Waals surface area (Å²) >= 11 is 0. The first kappa shape index (κ1) is 20.4. The number of rotatable bonds is 4. The van der Waals surface area contributed by atoms with E-state index in [-0.39, 0.29) is 28.3 Å². The smallest absolute Gasteiger partial charge is 0.416 e. The van der Waals surface area contributed by atoms with Crippen LogP contribution in [0.4, 0.5) is 23.2 Å². The number of ether oxygens (including phenoxy) is 1. The maximum Gasteiger partial charge on any atom is 0.416 e. The highest BCUT2D eigenvalue weighted by Crippen LogP contribution is 2.35. The molecule has 1 heterocycles. The Morgan fingerprint density at radius 2 is 1.76 bits per heavy atom. The maximum atomic E-state index is 14.7. The number of nitrogens with zero attached hydrogens (tertiary/aromatic N) is 1. The Kier molecular flexibility index (Phi) is 5.34. The van der Waals surface area contributed by atoms with Gasteiger partial charge >= 0.3 is 12.1 Å². The molecule has 0 saturated heterocycles. The first-order chi connectivity index (χ1) is 13.6. The number of carboxylic acid groups (broad SMARTS) is 1. The third kappa shape index (κ3) is 4.24. The average molecular weight is 408 g/mol. The van der Waals surface area contributed by atoms with Gasteiger partial charge < -0.3 is 15.6 Å². The van der Waals surface area contributed by atoms with Crippen molar-refractivity contribution in [2.24, 2.45) is 5.73 Å². The second kappa shape index (κ2) is 7.59. The number of hydrogen-bond donors (Lipinski definition) is 2. The van der Waals surface area contributed by atoms with Gasteiger partial charge in [0.2, 0.25) is 0 Å². The predicted molar refractivity (Wildman–Crippen MR) is 97.9 cm³/mol. The van der Waals surface area contributed by atoms with Gasteiger partial charge in [-0.2, -0.15) is 17.6 Å². The van der Waals surface area contributed by atoms with Gasteiger partial charge in [-0.05, 0) is 43.3 Å². The van der Waals surface area contributed by atoms with Crippen LogP contribution in [0, 0.1) is 0 Å². The molecule has 0 saturated carbocycles. The van der Waals surface area contributed by atoms with Gasteiger partial charge in [-0.25, -0.2) is 4.79 Å². The summed E-state index contributed by atoms with van der Waals surface area (Å²) in [5.74, 6) is -1.95. The Morgan fingerprint density at radius 1 is 1.14 bits per heavy atom. The van der Waals surface area contributed by atoms with Crippen LogP contribution >= 0.6 is 0 Å². The van der Waals surface area contributed by atoms with Crippen LogP contribution in [0.1, 0.15) is 12.5 Å². The molecule has 5 nitrogen and oxygen atoms in total. The van der Waals surface area contributed by atoms with Crippen LogP contribution in [0.25, 0.3) is 0 Å². The highest BCUT2D eigenvalue weighted by molar-refractivity contribution is 5.90. The van der Waals surface area contributed by atoms with Crippen molar-refractivity contribution in [2.45, 2.75) is 19.3 Å². The van der Waals surface area contributed by atoms with Gasteiger partial charge in [-0.1, -0.05) is 12.1 Å². The second-order valence-corrected chi connectivity index (χ2v) is 6.32. The van der Waals surface area contributed by atoms with E-state index in [0.29, 0.717) is 0 Å². The van der Waals surface area contributed by atoms with Crippen LogP contribution in [0.5, 0.6) is 11.5 Å². The summed E-state index contributed by atoms with van der Waals surface area (Å²) in [6.07, 6.45) is -4.66. The fraction of sp³-hybridized carbons (Fsp3) is 0.150. The molecule has 1 aliphatic heterocycles. The monoisotopic (exact) mass is 408 g/mol. The molecule has 1 unspecified atom stereocenters. The van der Waals surface area contributed by atoms with Gasteiger partial charge in [0.15, 0.2) is 5.95 Å². The van der Waals surface area contributed by atoms with Gasteiger partial charge in [0, 0.05) is 17.3 Å². The highest BCUT2D eigenvalue weighted by atomic mass is 19.4. The SMILES string of the molecule is CC1=C(F)N(c2cccc(Oc3cccc(C(F)(F)F)c3)c2)C(N)C(C(=O)O)=C1. The third-order valence-corrected chi connectivity index (χ3v) is 4.25. The van der Waals surface area contributed by atoms with Crippen molar-refractivity contribution >= 4 is 11.7 Å². The molecule has 1 aliphatic rings. The van der Waals surface area contributed by atoms with Crippen LogP contribution in [-0.2, 0) is 11.0 Å². The summed E-state index contributed by atoms with van der Waals surface area (Å²) in [6, 6.07) is 10.1. The molecular weight excluding hydrogens is 392 g/mol. The minimum Gasteiger partial charge on any atom is -0.478 e. The number of aliphatic carboxylic acids is 1. The number of carbonyl (C=O) groups is 1. The lowest BCUT2D eigenvalue weighted by atomic mass is 10.0. The van der Waals surface area contributed by atoms with Gasteiger partial charge in [0.05, 0.1) is 11.1 Å². The first-order valence-electron chi connectivity index (χ1n) is 8.39. The van der Waals surface area contributed by atoms with Crippen molar-refractivity contribution in [2.75, 3.05) is 4.90 Å². The van der Waals surface area contributed by atoms with Gasteiger partial charge in [0.25, 0.3) is 0 Å². The number of allylic oxidation sites excluding steroid dienone is 2. The van der Waals surface area contributed by atoms with E-state index >= 15 is 0 Å². The van der Waals surface area contributed by atoms with Crippen LogP contribution in [0.2, 0.25) is 0 Å². The van der Waals surface area contributed by atoms with Crippen LogP contribution < -0.4 is 15.4 Å². The maximum absolute atomic E-state index is 14.7. The molecule has 1 atom stereocenters. The Hall–Kier alpha value is -3.33. The summed E-state index contributed by atoms with van der Waals surface area (Å²) in [5.41, 5.74) is 5.11. The van der Waals surface area contributed by atoms with E-state index in [0.717, 1.165) is 23.1 Å². The number of carboxylic acids is 1. The van der Waals surface area contributed by atoms with Crippen molar-refractivity contribution < 1.29 is 32.2 Å². The quantitative estimate of drug-likeness (QED) is 0.561. The second-order valence-electron chi connectivity index (χ2n) is 6.32. The normalized spacial score (nSPS) is 17.2. The molecular formula is C20H16F4N2O3. The standard InChI is InChI=1S/C20H16F4N2O3/c1-11-8-16(19(27)28)18(25)26(17(11)21)13-5-3-7-15(10-13)29-14-6-2-4-12(9-14)20(22,23)24/h2-10,18H,25H2,1H3,(H,27,28). The summed E-state index contributed by atoms with van der Waals surface area (Å²) in [7, 11) is 0. The van der Waals surface area contributed by atoms with E-state index in [4.69, 9.17) is 10.5 Å². The zero-order valence-corrected chi connectivity index (χ0v) is 15.1. The number of alkyl halides is 3. The lowest BCUT2D eigenvalue weighted by molar-refractivity contribution is -0.137. The Bertz CT molecular complexity index is 1010. The molecule has 0 spiro atoms. The number of benzene rings is 2. The Morgan fingerprint density at radius 3 is 2.38 bits per heavy atom. The summed E-state index contributed by atoms with van der Waals surface area (Å²) in [5, 5.41) is 9.28. The molecule has 0 bridgehead atoms. The van der Waals surface area contributed by atoms with E-state index < -0.39 is 29.8 Å². The van der Waals surface area contributed by atoms with E-state index in [9.17, 15) is 27.5 Å². The summed E-state index contributed by atoms with van der Waals surface area (Å²) in [6.45, 7) is 1.40. The van der Waals surface area contributed by atoms with E-state index in [1.165, 1.54) is 43.3 Å². The topological polar surface area (TPSA) is 75.8 Å².